The van der Waals surface area contributed by atoms with E-state index in [9.17, 15) is 24.0 Å². The molecule has 0 spiro atoms. The molecule has 0 saturated carbocycles. The number of imide groups is 2. The molecule has 0 aliphatic carbocycles. The zero-order chi connectivity index (χ0) is 14.0. The van der Waals surface area contributed by atoms with Gasteiger partial charge in [0.2, 0.25) is 0 Å². The molecule has 2 fully saturated rings. The van der Waals surface area contributed by atoms with Crippen LogP contribution in [0.2, 0.25) is 0 Å². The fourth-order valence-electron chi connectivity index (χ4n) is 1.66. The van der Waals surface area contributed by atoms with Gasteiger partial charge in [0.05, 0.1) is 0 Å². The Morgan fingerprint density at radius 2 is 1.11 bits per heavy atom. The first-order valence-electron chi connectivity index (χ1n) is 5.60. The molecule has 0 atom stereocenters. The minimum atomic E-state index is -1.48. The Morgan fingerprint density at radius 1 is 0.737 bits per heavy atom. The molecule has 0 unspecified atom stereocenters. The Labute approximate surface area is 106 Å². The van der Waals surface area contributed by atoms with Crippen molar-refractivity contribution in [1.29, 1.82) is 0 Å². The zero-order valence-electron chi connectivity index (χ0n) is 9.79. The molecule has 102 valence electrons. The molecule has 0 bridgehead atoms. The molecular weight excluding hydrogens is 260 g/mol. The predicted octanol–water partition coefficient (Wildman–Crippen LogP) is -0.342. The van der Waals surface area contributed by atoms with Gasteiger partial charge in [-0.2, -0.15) is 4.79 Å². The van der Waals surface area contributed by atoms with E-state index in [1.54, 1.807) is 0 Å². The first-order valence-corrected chi connectivity index (χ1v) is 5.60. The fraction of sp³-hybridized carbons (Fsp3) is 0.500. The molecule has 19 heavy (non-hydrogen) atoms. The van der Waals surface area contributed by atoms with Crippen molar-refractivity contribution in [2.45, 2.75) is 32.1 Å². The maximum absolute atomic E-state index is 11.3. The molecule has 2 aliphatic rings. The third-order valence-corrected chi connectivity index (χ3v) is 2.57. The highest BCUT2D eigenvalue weighted by Gasteiger charge is 2.36. The second-order valence-corrected chi connectivity index (χ2v) is 3.95. The van der Waals surface area contributed by atoms with E-state index < -0.39 is 29.8 Å². The van der Waals surface area contributed by atoms with Gasteiger partial charge >= 0.3 is 6.16 Å². The van der Waals surface area contributed by atoms with Crippen LogP contribution in [-0.2, 0) is 28.9 Å². The lowest BCUT2D eigenvalue weighted by molar-refractivity contribution is -0.204. The molecular formula is C10H10N2O7. The van der Waals surface area contributed by atoms with E-state index in [-0.39, 0.29) is 35.8 Å². The lowest BCUT2D eigenvalue weighted by Gasteiger charge is -2.22. The number of carbonyl (C=O) groups is 5. The molecule has 2 aliphatic heterocycles. The molecule has 0 aromatic heterocycles. The van der Waals surface area contributed by atoms with Crippen LogP contribution in [-0.4, -0.2) is 39.9 Å². The molecule has 2 heterocycles. The van der Waals surface area contributed by atoms with Crippen LogP contribution in [0, 0.1) is 0 Å². The second-order valence-electron chi connectivity index (χ2n) is 3.95. The quantitative estimate of drug-likeness (QED) is 0.631. The highest BCUT2D eigenvalue weighted by Crippen LogP contribution is 2.15. The normalized spacial score (nSPS) is 20.0. The summed E-state index contributed by atoms with van der Waals surface area (Å²) in [4.78, 5) is 65.1. The van der Waals surface area contributed by atoms with Crippen molar-refractivity contribution in [3.63, 3.8) is 0 Å². The van der Waals surface area contributed by atoms with Crippen molar-refractivity contribution >= 4 is 29.8 Å². The van der Waals surface area contributed by atoms with Crippen molar-refractivity contribution < 1.29 is 33.6 Å². The number of rotatable bonds is 2. The van der Waals surface area contributed by atoms with Crippen LogP contribution >= 0.6 is 0 Å². The predicted molar refractivity (Wildman–Crippen MR) is 54.4 cm³/mol. The van der Waals surface area contributed by atoms with E-state index in [0.29, 0.717) is 6.42 Å². The summed E-state index contributed by atoms with van der Waals surface area (Å²) in [5.74, 6) is -2.71. The Hall–Kier alpha value is -2.45. The zero-order valence-corrected chi connectivity index (χ0v) is 9.79. The average Bonchev–Trinajstić information content (AvgIpc) is 2.66. The van der Waals surface area contributed by atoms with E-state index in [0.717, 1.165) is 0 Å². The number of hydroxylamine groups is 4. The Morgan fingerprint density at radius 3 is 1.53 bits per heavy atom. The summed E-state index contributed by atoms with van der Waals surface area (Å²) in [6.07, 6.45) is -1.08. The van der Waals surface area contributed by atoms with Gasteiger partial charge in [-0.05, 0) is 6.42 Å². The topological polar surface area (TPSA) is 110 Å². The number of nitrogens with zero attached hydrogens (tertiary/aromatic N) is 2. The van der Waals surface area contributed by atoms with Crippen LogP contribution in [0.5, 0.6) is 0 Å². The maximum Gasteiger partial charge on any atom is 0.560 e. The van der Waals surface area contributed by atoms with Crippen molar-refractivity contribution in [3.05, 3.63) is 0 Å². The summed E-state index contributed by atoms with van der Waals surface area (Å²) in [5, 5.41) is 0.554. The Balaban J connectivity index is 1.94. The Bertz CT molecular complexity index is 440. The highest BCUT2D eigenvalue weighted by atomic mass is 16.9. The number of hydrogen-bond donors (Lipinski definition) is 0. The van der Waals surface area contributed by atoms with Crippen molar-refractivity contribution in [2.75, 3.05) is 0 Å². The smallest absolute Gasteiger partial charge is 0.293 e. The minimum Gasteiger partial charge on any atom is -0.293 e. The molecule has 2 saturated heterocycles. The lowest BCUT2D eigenvalue weighted by atomic mass is 10.1. The van der Waals surface area contributed by atoms with Gasteiger partial charge in [0.1, 0.15) is 0 Å². The number of piperidine rings is 1. The third-order valence-electron chi connectivity index (χ3n) is 2.57. The van der Waals surface area contributed by atoms with Gasteiger partial charge < -0.3 is 0 Å². The van der Waals surface area contributed by atoms with E-state index >= 15 is 0 Å². The van der Waals surface area contributed by atoms with Gasteiger partial charge in [-0.15, -0.1) is 0 Å². The third kappa shape index (κ3) is 2.69. The van der Waals surface area contributed by atoms with Gasteiger partial charge in [-0.1, -0.05) is 10.1 Å². The molecule has 4 amide bonds. The maximum atomic E-state index is 11.3. The standard InChI is InChI=1S/C10H10N2O7/c13-6-2-1-3-7(14)11(6)18-10(17)19-12-8(15)4-5-9(12)16/h1-5H2. The lowest BCUT2D eigenvalue weighted by Crippen LogP contribution is -2.43. The van der Waals surface area contributed by atoms with Crippen molar-refractivity contribution in [1.82, 2.24) is 10.1 Å². The Kier molecular flexibility index (Phi) is 3.45. The summed E-state index contributed by atoms with van der Waals surface area (Å²) in [6, 6.07) is 0. The van der Waals surface area contributed by atoms with E-state index in [2.05, 4.69) is 9.68 Å². The first kappa shape index (κ1) is 13.0. The second kappa shape index (κ2) is 5.04. The van der Waals surface area contributed by atoms with E-state index in [1.165, 1.54) is 0 Å². The van der Waals surface area contributed by atoms with Crippen LogP contribution in [0.25, 0.3) is 0 Å². The number of amides is 4. The van der Waals surface area contributed by atoms with Crippen LogP contribution in [0.1, 0.15) is 32.1 Å². The molecule has 0 aromatic carbocycles. The molecule has 0 N–H and O–H groups in total. The minimum absolute atomic E-state index is 0.0618. The van der Waals surface area contributed by atoms with Crippen LogP contribution in [0.3, 0.4) is 0 Å². The van der Waals surface area contributed by atoms with E-state index in [4.69, 9.17) is 0 Å². The summed E-state index contributed by atoms with van der Waals surface area (Å²) < 4.78 is 0. The van der Waals surface area contributed by atoms with Crippen molar-refractivity contribution in [2.24, 2.45) is 0 Å². The SMILES string of the molecule is O=C(ON1C(=O)CCCC1=O)ON1C(=O)CCC1=O. The highest BCUT2D eigenvalue weighted by molar-refractivity contribution is 6.01. The summed E-state index contributed by atoms with van der Waals surface area (Å²) in [5.41, 5.74) is 0. The van der Waals surface area contributed by atoms with Crippen LogP contribution in [0.4, 0.5) is 4.79 Å². The molecule has 9 nitrogen and oxygen atoms in total. The van der Waals surface area contributed by atoms with Gasteiger partial charge in [-0.3, -0.25) is 28.9 Å². The number of carbonyl (C=O) groups excluding carboxylic acids is 5. The summed E-state index contributed by atoms with van der Waals surface area (Å²) >= 11 is 0. The summed E-state index contributed by atoms with van der Waals surface area (Å²) in [7, 11) is 0. The fourth-order valence-corrected chi connectivity index (χ4v) is 1.66. The molecule has 0 radical (unpaired) electrons. The number of hydrogen-bond acceptors (Lipinski definition) is 7. The first-order chi connectivity index (χ1) is 8.99. The van der Waals surface area contributed by atoms with E-state index in [1.807, 2.05) is 0 Å². The van der Waals surface area contributed by atoms with Gasteiger partial charge in [0, 0.05) is 25.7 Å². The van der Waals surface area contributed by atoms with Gasteiger partial charge in [0.15, 0.2) is 0 Å². The van der Waals surface area contributed by atoms with Gasteiger partial charge in [-0.25, -0.2) is 0 Å². The molecule has 2 rings (SSSR count). The van der Waals surface area contributed by atoms with Crippen LogP contribution < -0.4 is 0 Å². The molecule has 0 aromatic rings. The van der Waals surface area contributed by atoms with Crippen LogP contribution in [0.15, 0.2) is 0 Å². The van der Waals surface area contributed by atoms with Crippen molar-refractivity contribution in [3.8, 4) is 0 Å². The monoisotopic (exact) mass is 270 g/mol. The van der Waals surface area contributed by atoms with Gasteiger partial charge in [0.25, 0.3) is 23.6 Å². The molecule has 9 heteroatoms. The largest absolute Gasteiger partial charge is 0.560 e. The average molecular weight is 270 g/mol. The summed E-state index contributed by atoms with van der Waals surface area (Å²) in [6.45, 7) is 0.